The normalized spacial score (nSPS) is 15.7. The van der Waals surface area contributed by atoms with Crippen molar-refractivity contribution in [2.75, 3.05) is 0 Å². The quantitative estimate of drug-likeness (QED) is 0.759. The summed E-state index contributed by atoms with van der Waals surface area (Å²) < 4.78 is 24.1. The molecule has 1 fully saturated rings. The van der Waals surface area contributed by atoms with Gasteiger partial charge in [-0.2, -0.15) is 0 Å². The van der Waals surface area contributed by atoms with Crippen LogP contribution in [-0.2, 0) is 16.2 Å². The van der Waals surface area contributed by atoms with Crippen LogP contribution in [0.5, 0.6) is 11.5 Å². The Hall–Kier alpha value is -3.42. The van der Waals surface area contributed by atoms with E-state index in [2.05, 4.69) is 0 Å². The predicted molar refractivity (Wildman–Crippen MR) is 92.5 cm³/mol. The van der Waals surface area contributed by atoms with E-state index >= 15 is 0 Å². The summed E-state index contributed by atoms with van der Waals surface area (Å²) in [5.74, 6) is -1.14. The van der Waals surface area contributed by atoms with Crippen molar-refractivity contribution in [3.63, 3.8) is 0 Å². The average Bonchev–Trinajstić information content (AvgIpc) is 2.65. The third-order valence-corrected chi connectivity index (χ3v) is 4.12. The van der Waals surface area contributed by atoms with Gasteiger partial charge in [-0.15, -0.1) is 0 Å². The zero-order valence-electron chi connectivity index (χ0n) is 14.5. The Morgan fingerprint density at radius 1 is 0.889 bits per heavy atom. The van der Waals surface area contributed by atoms with Gasteiger partial charge in [0.05, 0.1) is 0 Å². The molecule has 0 radical (unpaired) electrons. The Morgan fingerprint density at radius 3 is 2.00 bits per heavy atom. The number of benzene rings is 2. The highest BCUT2D eigenvalue weighted by atomic mass is 19.1. The SMILES string of the molecule is CCC1(Oc2ccc(OCc3ccc(F)cc3)cc2)C(=O)NC(=O)NC1=O. The lowest BCUT2D eigenvalue weighted by atomic mass is 9.96. The molecule has 8 heteroatoms. The number of barbiturate groups is 1. The summed E-state index contributed by atoms with van der Waals surface area (Å²) in [5.41, 5.74) is -1.01. The number of nitrogens with one attached hydrogen (secondary N) is 2. The van der Waals surface area contributed by atoms with Gasteiger partial charge in [0.25, 0.3) is 17.4 Å². The van der Waals surface area contributed by atoms with Gasteiger partial charge in [0.15, 0.2) is 0 Å². The van der Waals surface area contributed by atoms with Crippen LogP contribution in [-0.4, -0.2) is 23.4 Å². The lowest BCUT2D eigenvalue weighted by Crippen LogP contribution is -2.68. The first-order valence-corrected chi connectivity index (χ1v) is 8.26. The molecule has 2 aromatic carbocycles. The number of carbonyl (C=O) groups excluding carboxylic acids is 3. The van der Waals surface area contributed by atoms with E-state index in [-0.39, 0.29) is 24.6 Å². The van der Waals surface area contributed by atoms with Gasteiger partial charge in [0, 0.05) is 6.42 Å². The summed E-state index contributed by atoms with van der Waals surface area (Å²) in [6.07, 6.45) is 0.0424. The molecule has 0 bridgehead atoms. The molecular formula is C19H17FN2O5. The zero-order valence-corrected chi connectivity index (χ0v) is 14.5. The molecule has 2 aromatic rings. The van der Waals surface area contributed by atoms with Crippen LogP contribution in [0.2, 0.25) is 0 Å². The van der Waals surface area contributed by atoms with Crippen LogP contribution in [0.3, 0.4) is 0 Å². The van der Waals surface area contributed by atoms with E-state index in [0.29, 0.717) is 5.75 Å². The third-order valence-electron chi connectivity index (χ3n) is 4.12. The van der Waals surface area contributed by atoms with Gasteiger partial charge >= 0.3 is 6.03 Å². The van der Waals surface area contributed by atoms with Crippen LogP contribution in [0.1, 0.15) is 18.9 Å². The number of imide groups is 2. The molecule has 1 aliphatic heterocycles. The van der Waals surface area contributed by atoms with Crippen molar-refractivity contribution in [2.45, 2.75) is 25.6 Å². The molecule has 1 aliphatic rings. The van der Waals surface area contributed by atoms with E-state index in [4.69, 9.17) is 9.47 Å². The van der Waals surface area contributed by atoms with Crippen molar-refractivity contribution >= 4 is 17.8 Å². The summed E-state index contributed by atoms with van der Waals surface area (Å²) in [7, 11) is 0. The number of hydrogen-bond acceptors (Lipinski definition) is 5. The Labute approximate surface area is 154 Å². The number of carbonyl (C=O) groups is 3. The molecule has 2 N–H and O–H groups in total. The standard InChI is InChI=1S/C19H17FN2O5/c1-2-19(16(23)21-18(25)22-17(19)24)27-15-9-7-14(8-10-15)26-11-12-3-5-13(20)6-4-12/h3-10H,2,11H2,1H3,(H2,21,22,23,24,25). The Kier molecular flexibility index (Phi) is 5.07. The second-order valence-electron chi connectivity index (χ2n) is 5.91. The number of amides is 4. The second kappa shape index (κ2) is 7.45. The van der Waals surface area contributed by atoms with Crippen molar-refractivity contribution in [3.8, 4) is 11.5 Å². The maximum absolute atomic E-state index is 12.9. The highest BCUT2D eigenvalue weighted by Crippen LogP contribution is 2.26. The molecule has 0 unspecified atom stereocenters. The lowest BCUT2D eigenvalue weighted by molar-refractivity contribution is -0.151. The summed E-state index contributed by atoms with van der Waals surface area (Å²) in [5, 5.41) is 4.08. The summed E-state index contributed by atoms with van der Waals surface area (Å²) in [6, 6.07) is 11.4. The summed E-state index contributed by atoms with van der Waals surface area (Å²) in [6.45, 7) is 1.86. The molecule has 4 amide bonds. The Bertz CT molecular complexity index is 845. The van der Waals surface area contributed by atoms with Crippen molar-refractivity contribution < 1.29 is 28.2 Å². The van der Waals surface area contributed by atoms with Crippen LogP contribution < -0.4 is 20.1 Å². The molecule has 0 spiro atoms. The topological polar surface area (TPSA) is 93.7 Å². The molecule has 3 rings (SSSR count). The first-order chi connectivity index (χ1) is 12.9. The number of hydrogen-bond donors (Lipinski definition) is 2. The molecule has 0 saturated carbocycles. The van der Waals surface area contributed by atoms with Gasteiger partial charge in [-0.1, -0.05) is 19.1 Å². The molecule has 27 heavy (non-hydrogen) atoms. The van der Waals surface area contributed by atoms with Crippen LogP contribution in [0.4, 0.5) is 9.18 Å². The summed E-state index contributed by atoms with van der Waals surface area (Å²) >= 11 is 0. The van der Waals surface area contributed by atoms with Gasteiger partial charge in [-0.25, -0.2) is 9.18 Å². The van der Waals surface area contributed by atoms with Crippen molar-refractivity contribution in [1.82, 2.24) is 10.6 Å². The van der Waals surface area contributed by atoms with Gasteiger partial charge < -0.3 is 9.47 Å². The van der Waals surface area contributed by atoms with Crippen LogP contribution in [0.25, 0.3) is 0 Å². The Morgan fingerprint density at radius 2 is 1.44 bits per heavy atom. The van der Waals surface area contributed by atoms with Crippen molar-refractivity contribution in [3.05, 3.63) is 59.9 Å². The van der Waals surface area contributed by atoms with Gasteiger partial charge in [0.2, 0.25) is 0 Å². The first kappa shape index (κ1) is 18.4. The van der Waals surface area contributed by atoms with E-state index in [1.165, 1.54) is 12.1 Å². The highest BCUT2D eigenvalue weighted by Gasteiger charge is 2.51. The van der Waals surface area contributed by atoms with Gasteiger partial charge in [-0.3, -0.25) is 20.2 Å². The molecule has 0 aromatic heterocycles. The molecule has 1 saturated heterocycles. The highest BCUT2D eigenvalue weighted by molar-refractivity contribution is 6.21. The largest absolute Gasteiger partial charge is 0.489 e. The molecule has 140 valence electrons. The van der Waals surface area contributed by atoms with Gasteiger partial charge in [-0.05, 0) is 42.0 Å². The maximum Gasteiger partial charge on any atom is 0.328 e. The smallest absolute Gasteiger partial charge is 0.328 e. The maximum atomic E-state index is 12.9. The number of ether oxygens (including phenoxy) is 2. The van der Waals surface area contributed by atoms with Gasteiger partial charge in [0.1, 0.15) is 23.9 Å². The predicted octanol–water partition coefficient (Wildman–Crippen LogP) is 2.30. The monoisotopic (exact) mass is 372 g/mol. The van der Waals surface area contributed by atoms with E-state index in [9.17, 15) is 18.8 Å². The minimum absolute atomic E-state index is 0.0424. The minimum atomic E-state index is -1.82. The van der Waals surface area contributed by atoms with E-state index in [1.807, 2.05) is 10.6 Å². The van der Waals surface area contributed by atoms with Crippen LogP contribution >= 0.6 is 0 Å². The van der Waals surface area contributed by atoms with E-state index < -0.39 is 23.4 Å². The average molecular weight is 372 g/mol. The number of rotatable bonds is 6. The van der Waals surface area contributed by atoms with Crippen molar-refractivity contribution in [1.29, 1.82) is 0 Å². The molecular weight excluding hydrogens is 355 g/mol. The fourth-order valence-corrected chi connectivity index (χ4v) is 2.58. The molecule has 7 nitrogen and oxygen atoms in total. The van der Waals surface area contributed by atoms with Crippen molar-refractivity contribution in [2.24, 2.45) is 0 Å². The minimum Gasteiger partial charge on any atom is -0.489 e. The molecule has 1 heterocycles. The zero-order chi connectivity index (χ0) is 19.4. The van der Waals surface area contributed by atoms with Crippen LogP contribution in [0.15, 0.2) is 48.5 Å². The van der Waals surface area contributed by atoms with E-state index in [0.717, 1.165) is 5.56 Å². The fraction of sp³-hybridized carbons (Fsp3) is 0.211. The first-order valence-electron chi connectivity index (χ1n) is 8.26. The molecule has 0 atom stereocenters. The third kappa shape index (κ3) is 3.89. The lowest BCUT2D eigenvalue weighted by Gasteiger charge is -2.33. The van der Waals surface area contributed by atoms with Crippen LogP contribution in [0, 0.1) is 5.82 Å². The molecule has 0 aliphatic carbocycles. The Balaban J connectivity index is 1.67. The number of halogens is 1. The summed E-state index contributed by atoms with van der Waals surface area (Å²) in [4.78, 5) is 35.5. The fourth-order valence-electron chi connectivity index (χ4n) is 2.58. The number of urea groups is 1. The second-order valence-corrected chi connectivity index (χ2v) is 5.91. The van der Waals surface area contributed by atoms with E-state index in [1.54, 1.807) is 43.3 Å².